The van der Waals surface area contributed by atoms with E-state index in [0.717, 1.165) is 25.2 Å². The lowest BCUT2D eigenvalue weighted by molar-refractivity contribution is 0.111. The Hall–Kier alpha value is -1.00. The van der Waals surface area contributed by atoms with Gasteiger partial charge in [0.25, 0.3) is 0 Å². The minimum Gasteiger partial charge on any atom is -0.311 e. The summed E-state index contributed by atoms with van der Waals surface area (Å²) in [4.78, 5) is 6.35. The highest BCUT2D eigenvalue weighted by atomic mass is 19.1. The molecule has 106 valence electrons. The van der Waals surface area contributed by atoms with Crippen molar-refractivity contribution in [3.63, 3.8) is 0 Å². The first-order valence-electron chi connectivity index (χ1n) is 7.17. The Morgan fingerprint density at radius 1 is 1.53 bits per heavy atom. The quantitative estimate of drug-likeness (QED) is 0.906. The number of halogens is 1. The van der Waals surface area contributed by atoms with Gasteiger partial charge in [0.15, 0.2) is 0 Å². The molecular formula is C15H24FN3. The number of pyridine rings is 1. The first-order valence-corrected chi connectivity index (χ1v) is 7.17. The van der Waals surface area contributed by atoms with Crippen LogP contribution in [0.1, 0.15) is 32.8 Å². The van der Waals surface area contributed by atoms with E-state index in [-0.39, 0.29) is 5.82 Å². The lowest BCUT2D eigenvalue weighted by Gasteiger charge is -2.41. The Bertz CT molecular complexity index is 410. The highest BCUT2D eigenvalue weighted by molar-refractivity contribution is 5.10. The van der Waals surface area contributed by atoms with Gasteiger partial charge in [0.1, 0.15) is 5.82 Å². The number of aromatic nitrogens is 1. The number of piperazine rings is 1. The zero-order valence-corrected chi connectivity index (χ0v) is 12.1. The van der Waals surface area contributed by atoms with E-state index < -0.39 is 0 Å². The minimum absolute atomic E-state index is 0.251. The molecule has 0 radical (unpaired) electrons. The molecule has 0 saturated carbocycles. The van der Waals surface area contributed by atoms with Gasteiger partial charge in [0, 0.05) is 37.9 Å². The zero-order chi connectivity index (χ0) is 13.8. The summed E-state index contributed by atoms with van der Waals surface area (Å²) in [5.74, 6) is 0.416. The maximum atomic E-state index is 13.2. The Morgan fingerprint density at radius 2 is 2.32 bits per heavy atom. The first-order chi connectivity index (χ1) is 9.10. The van der Waals surface area contributed by atoms with Crippen LogP contribution in [-0.4, -0.2) is 35.1 Å². The molecule has 0 spiro atoms. The van der Waals surface area contributed by atoms with E-state index in [4.69, 9.17) is 0 Å². The molecule has 19 heavy (non-hydrogen) atoms. The van der Waals surface area contributed by atoms with Crippen LogP contribution in [0.2, 0.25) is 0 Å². The molecule has 1 N–H and O–H groups in total. The number of hydrogen-bond donors (Lipinski definition) is 1. The van der Waals surface area contributed by atoms with E-state index in [9.17, 15) is 4.39 Å². The topological polar surface area (TPSA) is 28.2 Å². The summed E-state index contributed by atoms with van der Waals surface area (Å²) in [5.41, 5.74) is 0.955. The van der Waals surface area contributed by atoms with Gasteiger partial charge >= 0.3 is 0 Å². The van der Waals surface area contributed by atoms with Crippen molar-refractivity contribution in [3.8, 4) is 0 Å². The van der Waals surface area contributed by atoms with Crippen LogP contribution in [0.25, 0.3) is 0 Å². The molecule has 2 heterocycles. The van der Waals surface area contributed by atoms with Crippen LogP contribution in [0.3, 0.4) is 0 Å². The first kappa shape index (κ1) is 14.4. The maximum absolute atomic E-state index is 13.2. The zero-order valence-electron chi connectivity index (χ0n) is 12.1. The normalized spacial score (nSPS) is 26.3. The van der Waals surface area contributed by atoms with Crippen molar-refractivity contribution in [1.82, 2.24) is 15.2 Å². The van der Waals surface area contributed by atoms with Crippen LogP contribution in [-0.2, 0) is 6.54 Å². The molecule has 1 aromatic heterocycles. The van der Waals surface area contributed by atoms with Crippen LogP contribution < -0.4 is 5.32 Å². The predicted molar refractivity (Wildman–Crippen MR) is 75.3 cm³/mol. The highest BCUT2D eigenvalue weighted by Crippen LogP contribution is 2.17. The van der Waals surface area contributed by atoms with E-state index in [1.807, 2.05) is 0 Å². The Balaban J connectivity index is 2.01. The monoisotopic (exact) mass is 265 g/mol. The smallest absolute Gasteiger partial charge is 0.141 e. The van der Waals surface area contributed by atoms with E-state index in [2.05, 4.69) is 36.0 Å². The standard InChI is InChI=1S/C15H24FN3/c1-4-11(2)15-10-19(12(3)6-18-15)9-13-5-14(16)8-17-7-13/h5,7-8,11-12,15,18H,4,6,9-10H2,1-3H3. The Kier molecular flexibility index (Phi) is 4.88. The molecule has 0 aliphatic carbocycles. The molecule has 1 aliphatic rings. The molecule has 1 saturated heterocycles. The number of nitrogens with zero attached hydrogens (tertiary/aromatic N) is 2. The van der Waals surface area contributed by atoms with Crippen LogP contribution in [0.15, 0.2) is 18.5 Å². The van der Waals surface area contributed by atoms with Crippen molar-refractivity contribution in [2.75, 3.05) is 13.1 Å². The highest BCUT2D eigenvalue weighted by Gasteiger charge is 2.27. The van der Waals surface area contributed by atoms with E-state index in [1.54, 1.807) is 12.3 Å². The fourth-order valence-corrected chi connectivity index (χ4v) is 2.61. The Labute approximate surface area is 115 Å². The molecule has 2 rings (SSSR count). The fourth-order valence-electron chi connectivity index (χ4n) is 2.61. The second-order valence-corrected chi connectivity index (χ2v) is 5.69. The van der Waals surface area contributed by atoms with Crippen LogP contribution in [0.5, 0.6) is 0 Å². The van der Waals surface area contributed by atoms with Crippen LogP contribution in [0.4, 0.5) is 4.39 Å². The Morgan fingerprint density at radius 3 is 3.00 bits per heavy atom. The second kappa shape index (κ2) is 6.44. The number of hydrogen-bond acceptors (Lipinski definition) is 3. The van der Waals surface area contributed by atoms with E-state index in [1.165, 1.54) is 12.6 Å². The van der Waals surface area contributed by atoms with Crippen molar-refractivity contribution >= 4 is 0 Å². The van der Waals surface area contributed by atoms with Crippen molar-refractivity contribution in [2.45, 2.75) is 45.8 Å². The van der Waals surface area contributed by atoms with E-state index in [0.29, 0.717) is 18.0 Å². The maximum Gasteiger partial charge on any atom is 0.141 e. The molecule has 0 aromatic carbocycles. The molecule has 3 unspecified atom stereocenters. The summed E-state index contributed by atoms with van der Waals surface area (Å²) in [6, 6.07) is 2.59. The number of nitrogens with one attached hydrogen (secondary N) is 1. The molecule has 1 aliphatic heterocycles. The van der Waals surface area contributed by atoms with Gasteiger partial charge in [-0.2, -0.15) is 0 Å². The van der Waals surface area contributed by atoms with Crippen molar-refractivity contribution in [3.05, 3.63) is 29.8 Å². The summed E-state index contributed by atoms with van der Waals surface area (Å²) in [5, 5.41) is 3.62. The predicted octanol–water partition coefficient (Wildman–Crippen LogP) is 2.43. The largest absolute Gasteiger partial charge is 0.311 e. The van der Waals surface area contributed by atoms with E-state index >= 15 is 0 Å². The molecular weight excluding hydrogens is 241 g/mol. The summed E-state index contributed by atoms with van der Waals surface area (Å²) < 4.78 is 13.2. The molecule has 1 aromatic rings. The average Bonchev–Trinajstić information content (AvgIpc) is 2.40. The minimum atomic E-state index is -0.251. The summed E-state index contributed by atoms with van der Waals surface area (Å²) >= 11 is 0. The van der Waals surface area contributed by atoms with Gasteiger partial charge in [-0.05, 0) is 24.5 Å². The van der Waals surface area contributed by atoms with Crippen molar-refractivity contribution in [1.29, 1.82) is 0 Å². The third-order valence-corrected chi connectivity index (χ3v) is 4.21. The molecule has 0 bridgehead atoms. The average molecular weight is 265 g/mol. The third kappa shape index (κ3) is 3.74. The van der Waals surface area contributed by atoms with Crippen molar-refractivity contribution in [2.24, 2.45) is 5.92 Å². The summed E-state index contributed by atoms with van der Waals surface area (Å²) in [7, 11) is 0. The van der Waals surface area contributed by atoms with Crippen LogP contribution in [0, 0.1) is 11.7 Å². The molecule has 4 heteroatoms. The fraction of sp³-hybridized carbons (Fsp3) is 0.667. The molecule has 1 fully saturated rings. The van der Waals surface area contributed by atoms with Gasteiger partial charge in [-0.15, -0.1) is 0 Å². The SMILES string of the molecule is CCC(C)C1CN(Cc2cncc(F)c2)C(C)CN1. The second-order valence-electron chi connectivity index (χ2n) is 5.69. The summed E-state index contributed by atoms with van der Waals surface area (Å²) in [6.07, 6.45) is 4.20. The van der Waals surface area contributed by atoms with Gasteiger partial charge in [-0.3, -0.25) is 9.88 Å². The molecule has 3 atom stereocenters. The molecule has 0 amide bonds. The van der Waals surface area contributed by atoms with Gasteiger partial charge in [0.2, 0.25) is 0 Å². The number of rotatable bonds is 4. The van der Waals surface area contributed by atoms with Gasteiger partial charge in [0.05, 0.1) is 6.20 Å². The van der Waals surface area contributed by atoms with Crippen molar-refractivity contribution < 1.29 is 4.39 Å². The van der Waals surface area contributed by atoms with Gasteiger partial charge in [-0.1, -0.05) is 20.3 Å². The third-order valence-electron chi connectivity index (χ3n) is 4.21. The van der Waals surface area contributed by atoms with Gasteiger partial charge in [-0.25, -0.2) is 4.39 Å². The lowest BCUT2D eigenvalue weighted by atomic mass is 9.95. The lowest BCUT2D eigenvalue weighted by Crippen LogP contribution is -2.56. The van der Waals surface area contributed by atoms with Gasteiger partial charge < -0.3 is 5.32 Å². The molecule has 3 nitrogen and oxygen atoms in total. The van der Waals surface area contributed by atoms with Crippen LogP contribution >= 0.6 is 0 Å². The summed E-state index contributed by atoms with van der Waals surface area (Å²) in [6.45, 7) is 9.53.